The van der Waals surface area contributed by atoms with Crippen LogP contribution >= 0.6 is 0 Å². The molecule has 1 heterocycles. The minimum Gasteiger partial charge on any atom is -0.340 e. The molecule has 22 heavy (non-hydrogen) atoms. The van der Waals surface area contributed by atoms with E-state index in [4.69, 9.17) is 4.52 Å². The summed E-state index contributed by atoms with van der Waals surface area (Å²) in [5.74, 6) is 0.777. The van der Waals surface area contributed by atoms with Crippen molar-refractivity contribution < 1.29 is 17.3 Å². The van der Waals surface area contributed by atoms with Crippen LogP contribution in [0.4, 0.5) is 4.39 Å². The molecular formula is C14H22FN3O3S. The summed E-state index contributed by atoms with van der Waals surface area (Å²) in [7, 11) is -3.76. The number of hydrogen-bond donors (Lipinski definition) is 1. The molecule has 2 fully saturated rings. The largest absolute Gasteiger partial charge is 0.340 e. The van der Waals surface area contributed by atoms with E-state index in [0.717, 1.165) is 25.7 Å². The van der Waals surface area contributed by atoms with Gasteiger partial charge in [-0.2, -0.15) is 4.98 Å². The van der Waals surface area contributed by atoms with Crippen LogP contribution in [0.3, 0.4) is 0 Å². The van der Waals surface area contributed by atoms with Crippen LogP contribution in [0.1, 0.15) is 63.1 Å². The average Bonchev–Trinajstić information content (AvgIpc) is 3.08. The molecule has 6 nitrogen and oxygen atoms in total. The molecule has 2 saturated carbocycles. The number of hydrogen-bond acceptors (Lipinski definition) is 5. The van der Waals surface area contributed by atoms with Crippen molar-refractivity contribution >= 4 is 10.0 Å². The lowest BCUT2D eigenvalue weighted by Crippen LogP contribution is -2.51. The number of nitrogens with one attached hydrogen (secondary N) is 1. The molecule has 0 amide bonds. The summed E-state index contributed by atoms with van der Waals surface area (Å²) >= 11 is 0. The zero-order chi connectivity index (χ0) is 15.8. The predicted octanol–water partition coefficient (Wildman–Crippen LogP) is 2.35. The van der Waals surface area contributed by atoms with Gasteiger partial charge in [-0.15, -0.1) is 0 Å². The van der Waals surface area contributed by atoms with Gasteiger partial charge in [0, 0.05) is 6.92 Å². The number of nitrogens with zero attached hydrogens (tertiary/aromatic N) is 2. The fourth-order valence-electron chi connectivity index (χ4n) is 3.59. The average molecular weight is 331 g/mol. The number of sulfonamides is 1. The Bertz CT molecular complexity index is 625. The standard InChI is InChI=1S/C14H22FN3O3S/c1-10-16-13(17-21-10)14(8-4-5-9-14)18-22(19,20)12-7-3-2-6-11(12)15/h11-12,18H,2-9H2,1H3. The van der Waals surface area contributed by atoms with Crippen molar-refractivity contribution in [3.8, 4) is 0 Å². The van der Waals surface area contributed by atoms with Crippen molar-refractivity contribution in [3.05, 3.63) is 11.7 Å². The van der Waals surface area contributed by atoms with Gasteiger partial charge in [-0.3, -0.25) is 0 Å². The fraction of sp³-hybridized carbons (Fsp3) is 0.857. The monoisotopic (exact) mass is 331 g/mol. The lowest BCUT2D eigenvalue weighted by atomic mass is 9.98. The summed E-state index contributed by atoms with van der Waals surface area (Å²) in [5.41, 5.74) is -0.840. The highest BCUT2D eigenvalue weighted by atomic mass is 32.2. The molecule has 124 valence electrons. The third-order valence-corrected chi connectivity index (χ3v) is 6.77. The summed E-state index contributed by atoms with van der Waals surface area (Å²) < 4.78 is 47.2. The molecule has 0 bridgehead atoms. The van der Waals surface area contributed by atoms with Crippen LogP contribution in [0.5, 0.6) is 0 Å². The number of aryl methyl sites for hydroxylation is 1. The van der Waals surface area contributed by atoms with E-state index in [1.807, 2.05) is 0 Å². The molecule has 1 aromatic heterocycles. The number of halogens is 1. The summed E-state index contributed by atoms with van der Waals surface area (Å²) in [5, 5.41) is 2.95. The van der Waals surface area contributed by atoms with Crippen molar-refractivity contribution in [2.75, 3.05) is 0 Å². The van der Waals surface area contributed by atoms with Crippen LogP contribution in [0, 0.1) is 6.92 Å². The van der Waals surface area contributed by atoms with E-state index < -0.39 is 27.0 Å². The highest BCUT2D eigenvalue weighted by molar-refractivity contribution is 7.90. The number of rotatable bonds is 4. The Balaban J connectivity index is 1.87. The molecule has 0 radical (unpaired) electrons. The van der Waals surface area contributed by atoms with Crippen molar-refractivity contribution in [1.29, 1.82) is 0 Å². The first-order valence-corrected chi connectivity index (χ1v) is 9.45. The summed E-state index contributed by atoms with van der Waals surface area (Å²) in [4.78, 5) is 4.21. The third-order valence-electron chi connectivity index (χ3n) is 4.77. The van der Waals surface area contributed by atoms with Gasteiger partial charge in [0.15, 0.2) is 5.82 Å². The Morgan fingerprint density at radius 1 is 1.23 bits per heavy atom. The number of aromatic nitrogens is 2. The maximum atomic E-state index is 14.1. The van der Waals surface area contributed by atoms with Gasteiger partial charge in [-0.05, 0) is 25.7 Å². The summed E-state index contributed by atoms with van der Waals surface area (Å²) in [6.07, 6.45) is 3.92. The summed E-state index contributed by atoms with van der Waals surface area (Å²) in [6, 6.07) is 0. The predicted molar refractivity (Wildman–Crippen MR) is 78.4 cm³/mol. The second-order valence-electron chi connectivity index (χ2n) is 6.41. The van der Waals surface area contributed by atoms with Gasteiger partial charge in [0.25, 0.3) is 0 Å². The smallest absolute Gasteiger partial charge is 0.223 e. The van der Waals surface area contributed by atoms with E-state index in [0.29, 0.717) is 37.4 Å². The quantitative estimate of drug-likeness (QED) is 0.915. The Kier molecular flexibility index (Phi) is 4.24. The van der Waals surface area contributed by atoms with E-state index in [-0.39, 0.29) is 0 Å². The Labute approximate surface area is 129 Å². The topological polar surface area (TPSA) is 85.1 Å². The fourth-order valence-corrected chi connectivity index (χ4v) is 5.59. The van der Waals surface area contributed by atoms with Gasteiger partial charge in [0.2, 0.25) is 15.9 Å². The zero-order valence-corrected chi connectivity index (χ0v) is 13.5. The molecule has 1 N–H and O–H groups in total. The van der Waals surface area contributed by atoms with Gasteiger partial charge in [-0.1, -0.05) is 30.8 Å². The second kappa shape index (κ2) is 5.88. The summed E-state index contributed by atoms with van der Waals surface area (Å²) in [6.45, 7) is 1.67. The highest BCUT2D eigenvalue weighted by Crippen LogP contribution is 2.39. The molecule has 1 aromatic rings. The maximum Gasteiger partial charge on any atom is 0.223 e. The van der Waals surface area contributed by atoms with Gasteiger partial charge in [-0.25, -0.2) is 17.5 Å². The minimum absolute atomic E-state index is 0.319. The molecule has 0 aromatic carbocycles. The molecule has 0 spiro atoms. The Morgan fingerprint density at radius 2 is 1.91 bits per heavy atom. The molecule has 3 rings (SSSR count). The molecular weight excluding hydrogens is 309 g/mol. The van der Waals surface area contributed by atoms with Crippen LogP contribution in [-0.2, 0) is 15.6 Å². The highest BCUT2D eigenvalue weighted by Gasteiger charge is 2.46. The lowest BCUT2D eigenvalue weighted by molar-refractivity contribution is 0.249. The molecule has 8 heteroatoms. The molecule has 0 aliphatic heterocycles. The number of alkyl halides is 1. The first-order chi connectivity index (χ1) is 10.4. The van der Waals surface area contributed by atoms with E-state index in [1.165, 1.54) is 0 Å². The minimum atomic E-state index is -3.76. The molecule has 2 atom stereocenters. The molecule has 0 saturated heterocycles. The Hall–Kier alpha value is -1.02. The molecule has 2 aliphatic rings. The van der Waals surface area contributed by atoms with Crippen molar-refractivity contribution in [2.24, 2.45) is 0 Å². The van der Waals surface area contributed by atoms with Crippen LogP contribution in [0.15, 0.2) is 4.52 Å². The maximum absolute atomic E-state index is 14.1. The first-order valence-electron chi connectivity index (χ1n) is 7.91. The van der Waals surface area contributed by atoms with Crippen molar-refractivity contribution in [1.82, 2.24) is 14.9 Å². The van der Waals surface area contributed by atoms with Crippen LogP contribution in [0.25, 0.3) is 0 Å². The van der Waals surface area contributed by atoms with Crippen LogP contribution in [-0.4, -0.2) is 30.0 Å². The van der Waals surface area contributed by atoms with Gasteiger partial charge < -0.3 is 4.52 Å². The Morgan fingerprint density at radius 3 is 2.50 bits per heavy atom. The zero-order valence-electron chi connectivity index (χ0n) is 12.7. The van der Waals surface area contributed by atoms with Crippen LogP contribution < -0.4 is 4.72 Å². The molecule has 2 aliphatic carbocycles. The van der Waals surface area contributed by atoms with E-state index in [2.05, 4.69) is 14.9 Å². The molecule has 2 unspecified atom stereocenters. The third kappa shape index (κ3) is 2.90. The lowest BCUT2D eigenvalue weighted by Gasteiger charge is -2.32. The van der Waals surface area contributed by atoms with Crippen LogP contribution in [0.2, 0.25) is 0 Å². The normalized spacial score (nSPS) is 28.8. The first kappa shape index (κ1) is 15.9. The van der Waals surface area contributed by atoms with Gasteiger partial charge >= 0.3 is 0 Å². The van der Waals surface area contributed by atoms with E-state index >= 15 is 0 Å². The van der Waals surface area contributed by atoms with E-state index in [1.54, 1.807) is 6.92 Å². The van der Waals surface area contributed by atoms with Gasteiger partial charge in [0.1, 0.15) is 11.4 Å². The SMILES string of the molecule is Cc1nc(C2(NS(=O)(=O)C3CCCCC3F)CCCC2)no1. The van der Waals surface area contributed by atoms with Gasteiger partial charge in [0.05, 0.1) is 5.54 Å². The van der Waals surface area contributed by atoms with E-state index in [9.17, 15) is 12.8 Å². The second-order valence-corrected chi connectivity index (χ2v) is 8.31. The van der Waals surface area contributed by atoms with Crippen molar-refractivity contribution in [2.45, 2.75) is 75.3 Å². The van der Waals surface area contributed by atoms with Crippen molar-refractivity contribution in [3.63, 3.8) is 0 Å².